The Morgan fingerprint density at radius 3 is 2.64 bits per heavy atom. The molecule has 0 aromatic carbocycles. The lowest BCUT2D eigenvalue weighted by atomic mass is 10.1. The van der Waals surface area contributed by atoms with Crippen molar-refractivity contribution < 1.29 is 14.3 Å². The minimum absolute atomic E-state index is 0.223. The molecule has 112 valence electrons. The van der Waals surface area contributed by atoms with Crippen molar-refractivity contribution in [2.45, 2.75) is 13.8 Å². The maximum Gasteiger partial charge on any atom is 0.351 e. The number of aromatic nitrogens is 1. The van der Waals surface area contributed by atoms with Crippen molar-refractivity contribution in [3.63, 3.8) is 0 Å². The summed E-state index contributed by atoms with van der Waals surface area (Å²) in [4.78, 5) is 23.7. The maximum absolute atomic E-state index is 12.1. The van der Waals surface area contributed by atoms with Gasteiger partial charge in [0.2, 0.25) is 0 Å². The molecule has 2 heterocycles. The van der Waals surface area contributed by atoms with Crippen LogP contribution in [0, 0.1) is 25.2 Å². The van der Waals surface area contributed by atoms with Gasteiger partial charge < -0.3 is 14.1 Å². The Morgan fingerprint density at radius 2 is 2.09 bits per heavy atom. The monoisotopic (exact) mass is 298 g/mol. The van der Waals surface area contributed by atoms with Gasteiger partial charge in [-0.1, -0.05) is 0 Å². The first kappa shape index (κ1) is 15.3. The lowest BCUT2D eigenvalue weighted by Crippen LogP contribution is -2.12. The number of aromatic hydroxyl groups is 1. The summed E-state index contributed by atoms with van der Waals surface area (Å²) in [6, 6.07) is 4.89. The topological polar surface area (TPSA) is 96.2 Å². The molecule has 6 heteroatoms. The highest BCUT2D eigenvalue weighted by Gasteiger charge is 2.16. The number of aryl methyl sites for hydroxylation is 1. The van der Waals surface area contributed by atoms with E-state index in [1.54, 1.807) is 17.7 Å². The van der Waals surface area contributed by atoms with Crippen LogP contribution in [-0.4, -0.2) is 15.5 Å². The fraction of sp³-hybridized carbons (Fsp3) is 0.188. The van der Waals surface area contributed by atoms with Gasteiger partial charge in [-0.2, -0.15) is 5.26 Å². The summed E-state index contributed by atoms with van der Waals surface area (Å²) >= 11 is 0. The lowest BCUT2D eigenvalue weighted by Gasteiger charge is -2.00. The average molecular weight is 298 g/mol. The molecular formula is C16H14N2O4. The molecule has 1 N–H and O–H groups in total. The van der Waals surface area contributed by atoms with E-state index in [1.807, 2.05) is 13.0 Å². The zero-order valence-corrected chi connectivity index (χ0v) is 12.4. The highest BCUT2D eigenvalue weighted by atomic mass is 16.4. The second-order valence-corrected chi connectivity index (χ2v) is 4.84. The fourth-order valence-electron chi connectivity index (χ4n) is 2.07. The van der Waals surface area contributed by atoms with E-state index < -0.39 is 22.7 Å². The molecule has 0 saturated heterocycles. The van der Waals surface area contributed by atoms with Crippen molar-refractivity contribution in [2.75, 3.05) is 0 Å². The minimum Gasteiger partial charge on any atom is -0.507 e. The van der Waals surface area contributed by atoms with Crippen LogP contribution in [0.5, 0.6) is 5.75 Å². The summed E-state index contributed by atoms with van der Waals surface area (Å²) in [5.41, 5.74) is 0.664. The molecule has 2 rings (SSSR count). The third-order valence-electron chi connectivity index (χ3n) is 3.40. The van der Waals surface area contributed by atoms with Gasteiger partial charge in [0.25, 0.3) is 0 Å². The summed E-state index contributed by atoms with van der Waals surface area (Å²) in [6.07, 6.45) is 2.67. The molecule has 0 amide bonds. The summed E-state index contributed by atoms with van der Waals surface area (Å²) in [6.45, 7) is 3.31. The van der Waals surface area contributed by atoms with E-state index >= 15 is 0 Å². The van der Waals surface area contributed by atoms with Crippen LogP contribution in [0.3, 0.4) is 0 Å². The number of nitrogens with zero attached hydrogens (tertiary/aromatic N) is 2. The van der Waals surface area contributed by atoms with E-state index in [4.69, 9.17) is 9.68 Å². The second kappa shape index (κ2) is 5.74. The standard InChI is InChI=1S/C16H14N2O4/c1-9-6-14(20)15(16(21)22-9)13(19)5-4-11-7-12(8-17)18(3)10(11)2/h4-7,20H,1-3H3/b5-4+. The molecule has 0 fully saturated rings. The summed E-state index contributed by atoms with van der Waals surface area (Å²) in [5, 5.41) is 18.7. The third kappa shape index (κ3) is 2.69. The van der Waals surface area contributed by atoms with Crippen LogP contribution >= 0.6 is 0 Å². The molecule has 0 aliphatic carbocycles. The average Bonchev–Trinajstić information content (AvgIpc) is 2.71. The number of allylic oxidation sites excluding steroid dienone is 1. The van der Waals surface area contributed by atoms with Crippen molar-refractivity contribution in [3.8, 4) is 11.8 Å². The Kier molecular flexibility index (Phi) is 4.00. The van der Waals surface area contributed by atoms with Crippen LogP contribution in [0.4, 0.5) is 0 Å². The van der Waals surface area contributed by atoms with Crippen molar-refractivity contribution in [1.82, 2.24) is 4.57 Å². The number of hydrogen-bond acceptors (Lipinski definition) is 5. The number of hydrogen-bond donors (Lipinski definition) is 1. The lowest BCUT2D eigenvalue weighted by molar-refractivity contribution is 0.104. The predicted molar refractivity (Wildman–Crippen MR) is 79.6 cm³/mol. The molecule has 2 aromatic rings. The van der Waals surface area contributed by atoms with E-state index in [0.29, 0.717) is 11.3 Å². The number of carbonyl (C=O) groups is 1. The van der Waals surface area contributed by atoms with Crippen LogP contribution in [-0.2, 0) is 7.05 Å². The van der Waals surface area contributed by atoms with E-state index in [9.17, 15) is 14.7 Å². The van der Waals surface area contributed by atoms with Crippen LogP contribution in [0.15, 0.2) is 27.4 Å². The number of ketones is 1. The van der Waals surface area contributed by atoms with E-state index in [-0.39, 0.29) is 5.76 Å². The normalized spacial score (nSPS) is 10.8. The highest BCUT2D eigenvalue weighted by Crippen LogP contribution is 2.18. The second-order valence-electron chi connectivity index (χ2n) is 4.84. The number of nitriles is 1. The quantitative estimate of drug-likeness (QED) is 0.691. The molecule has 0 radical (unpaired) electrons. The largest absolute Gasteiger partial charge is 0.507 e. The maximum atomic E-state index is 12.1. The highest BCUT2D eigenvalue weighted by molar-refractivity contribution is 6.08. The molecule has 0 aliphatic heterocycles. The first-order valence-corrected chi connectivity index (χ1v) is 6.47. The number of rotatable bonds is 3. The molecule has 6 nitrogen and oxygen atoms in total. The molecule has 0 unspecified atom stereocenters. The molecular weight excluding hydrogens is 284 g/mol. The number of carbonyl (C=O) groups excluding carboxylic acids is 1. The van der Waals surface area contributed by atoms with Gasteiger partial charge in [0.15, 0.2) is 5.78 Å². The zero-order chi connectivity index (χ0) is 16.4. The van der Waals surface area contributed by atoms with Gasteiger partial charge >= 0.3 is 5.63 Å². The molecule has 0 spiro atoms. The predicted octanol–water partition coefficient (Wildman–Crippen LogP) is 2.07. The summed E-state index contributed by atoms with van der Waals surface area (Å²) in [7, 11) is 1.74. The zero-order valence-electron chi connectivity index (χ0n) is 12.4. The Morgan fingerprint density at radius 1 is 1.41 bits per heavy atom. The molecule has 22 heavy (non-hydrogen) atoms. The van der Waals surface area contributed by atoms with Gasteiger partial charge in [0.1, 0.15) is 28.8 Å². The van der Waals surface area contributed by atoms with Crippen LogP contribution in [0.25, 0.3) is 6.08 Å². The van der Waals surface area contributed by atoms with Crippen molar-refractivity contribution in [3.05, 3.63) is 56.9 Å². The Labute approximate surface area is 126 Å². The van der Waals surface area contributed by atoms with Gasteiger partial charge in [-0.3, -0.25) is 4.79 Å². The van der Waals surface area contributed by atoms with Crippen molar-refractivity contribution in [2.24, 2.45) is 7.05 Å². The summed E-state index contributed by atoms with van der Waals surface area (Å²) < 4.78 is 6.51. The van der Waals surface area contributed by atoms with Gasteiger partial charge in [-0.25, -0.2) is 4.79 Å². The smallest absolute Gasteiger partial charge is 0.351 e. The van der Waals surface area contributed by atoms with Crippen LogP contribution in [0.2, 0.25) is 0 Å². The van der Waals surface area contributed by atoms with Crippen LogP contribution in [0.1, 0.15) is 33.1 Å². The van der Waals surface area contributed by atoms with Gasteiger partial charge in [0.05, 0.1) is 0 Å². The van der Waals surface area contributed by atoms with Crippen molar-refractivity contribution in [1.29, 1.82) is 5.26 Å². The SMILES string of the molecule is Cc1cc(O)c(C(=O)/C=C/c2cc(C#N)n(C)c2C)c(=O)o1. The molecule has 0 atom stereocenters. The Bertz CT molecular complexity index is 879. The van der Waals surface area contributed by atoms with Crippen molar-refractivity contribution >= 4 is 11.9 Å². The Balaban J connectivity index is 2.38. The van der Waals surface area contributed by atoms with Gasteiger partial charge in [-0.15, -0.1) is 0 Å². The Hall–Kier alpha value is -3.07. The first-order chi connectivity index (χ1) is 10.3. The molecule has 0 saturated carbocycles. The molecule has 2 aromatic heterocycles. The van der Waals surface area contributed by atoms with Crippen LogP contribution < -0.4 is 5.63 Å². The van der Waals surface area contributed by atoms with E-state index in [1.165, 1.54) is 25.1 Å². The fourth-order valence-corrected chi connectivity index (χ4v) is 2.07. The summed E-state index contributed by atoms with van der Waals surface area (Å²) in [5.74, 6) is -0.848. The first-order valence-electron chi connectivity index (χ1n) is 6.47. The van der Waals surface area contributed by atoms with Gasteiger partial charge in [-0.05, 0) is 37.6 Å². The minimum atomic E-state index is -0.880. The third-order valence-corrected chi connectivity index (χ3v) is 3.40. The van der Waals surface area contributed by atoms with E-state index in [2.05, 4.69) is 0 Å². The van der Waals surface area contributed by atoms with Gasteiger partial charge in [0, 0.05) is 18.8 Å². The molecule has 0 aliphatic rings. The van der Waals surface area contributed by atoms with E-state index in [0.717, 1.165) is 5.69 Å². The molecule has 0 bridgehead atoms.